The molecule has 3 N–H and O–H groups in total. The van der Waals surface area contributed by atoms with Crippen LogP contribution in [0.2, 0.25) is 0 Å². The molecular weight excluding hydrogens is 396 g/mol. The molecule has 1 saturated heterocycles. The molecule has 1 unspecified atom stereocenters. The Hall–Kier alpha value is -3.71. The molecule has 31 heavy (non-hydrogen) atoms. The van der Waals surface area contributed by atoms with Gasteiger partial charge in [0.2, 0.25) is 5.88 Å². The van der Waals surface area contributed by atoms with Crippen molar-refractivity contribution in [3.05, 3.63) is 72.8 Å². The number of carboxylic acid groups (broad SMARTS) is 2. The fraction of sp³-hybridized carbons (Fsp3) is 0.208. The molecule has 3 aromatic rings. The van der Waals surface area contributed by atoms with Crippen molar-refractivity contribution in [2.24, 2.45) is 0 Å². The first-order valence-corrected chi connectivity index (χ1v) is 9.99. The van der Waals surface area contributed by atoms with Gasteiger partial charge in [0.05, 0.1) is 5.69 Å². The maximum atomic E-state index is 9.55. The smallest absolute Gasteiger partial charge is 0.328 e. The van der Waals surface area contributed by atoms with E-state index in [1.54, 1.807) is 0 Å². The highest BCUT2D eigenvalue weighted by Crippen LogP contribution is 2.30. The van der Waals surface area contributed by atoms with E-state index in [9.17, 15) is 9.59 Å². The lowest BCUT2D eigenvalue weighted by Crippen LogP contribution is -2.37. The number of benzene rings is 2. The minimum atomic E-state index is -1.26. The van der Waals surface area contributed by atoms with Gasteiger partial charge in [-0.05, 0) is 24.8 Å². The average Bonchev–Trinajstić information content (AvgIpc) is 2.79. The van der Waals surface area contributed by atoms with E-state index in [4.69, 9.17) is 19.9 Å². The van der Waals surface area contributed by atoms with Gasteiger partial charge >= 0.3 is 11.9 Å². The first kappa shape index (κ1) is 22.0. The third kappa shape index (κ3) is 6.65. The van der Waals surface area contributed by atoms with Gasteiger partial charge in [0.25, 0.3) is 0 Å². The van der Waals surface area contributed by atoms with Crippen molar-refractivity contribution in [1.82, 2.24) is 10.3 Å². The SMILES string of the molecule is O=C(O)C=CC(=O)O.c1ccc(-c2nc(OC3CCCNC3)cc3ccccc23)cc1. The van der Waals surface area contributed by atoms with E-state index in [1.807, 2.05) is 18.2 Å². The number of carbonyl (C=O) groups is 2. The highest BCUT2D eigenvalue weighted by Gasteiger charge is 2.16. The van der Waals surface area contributed by atoms with Crippen LogP contribution in [0.4, 0.5) is 0 Å². The second kappa shape index (κ2) is 10.9. The number of hydrogen-bond donors (Lipinski definition) is 3. The van der Waals surface area contributed by atoms with Gasteiger partial charge in [-0.1, -0.05) is 54.6 Å². The molecule has 1 aliphatic heterocycles. The second-order valence-corrected chi connectivity index (χ2v) is 6.99. The van der Waals surface area contributed by atoms with Gasteiger partial charge < -0.3 is 20.3 Å². The Morgan fingerprint density at radius 2 is 1.68 bits per heavy atom. The largest absolute Gasteiger partial charge is 0.478 e. The Morgan fingerprint density at radius 3 is 2.32 bits per heavy atom. The molecule has 160 valence electrons. The molecule has 0 radical (unpaired) electrons. The van der Waals surface area contributed by atoms with Crippen LogP contribution in [0.15, 0.2) is 72.8 Å². The molecule has 7 heteroatoms. The lowest BCUT2D eigenvalue weighted by atomic mass is 10.0. The van der Waals surface area contributed by atoms with Crippen LogP contribution in [-0.2, 0) is 9.59 Å². The number of rotatable bonds is 5. The quantitative estimate of drug-likeness (QED) is 0.540. The summed E-state index contributed by atoms with van der Waals surface area (Å²) in [4.78, 5) is 23.9. The normalized spacial score (nSPS) is 15.8. The lowest BCUT2D eigenvalue weighted by molar-refractivity contribution is -0.134. The molecular formula is C24H24N2O5. The summed E-state index contributed by atoms with van der Waals surface area (Å²) in [6, 6.07) is 20.7. The van der Waals surface area contributed by atoms with Crippen molar-refractivity contribution in [1.29, 1.82) is 0 Å². The first-order valence-electron chi connectivity index (χ1n) is 9.99. The van der Waals surface area contributed by atoms with Crippen LogP contribution in [0.25, 0.3) is 22.0 Å². The number of aromatic nitrogens is 1. The predicted octanol–water partition coefficient (Wildman–Crippen LogP) is 3.74. The number of piperidine rings is 1. The number of carboxylic acids is 2. The molecule has 2 heterocycles. The molecule has 0 saturated carbocycles. The third-order valence-electron chi connectivity index (χ3n) is 4.67. The van der Waals surface area contributed by atoms with Crippen molar-refractivity contribution in [2.75, 3.05) is 13.1 Å². The van der Waals surface area contributed by atoms with Crippen LogP contribution in [-0.4, -0.2) is 46.3 Å². The summed E-state index contributed by atoms with van der Waals surface area (Å²) in [5.74, 6) is -1.80. The van der Waals surface area contributed by atoms with Gasteiger partial charge in [-0.15, -0.1) is 0 Å². The number of aliphatic carboxylic acids is 2. The summed E-state index contributed by atoms with van der Waals surface area (Å²) in [6.07, 6.45) is 3.57. The van der Waals surface area contributed by atoms with Gasteiger partial charge in [-0.25, -0.2) is 14.6 Å². The molecule has 0 aliphatic carbocycles. The number of fused-ring (bicyclic) bond motifs is 1. The summed E-state index contributed by atoms with van der Waals surface area (Å²) in [6.45, 7) is 1.98. The molecule has 1 aliphatic rings. The molecule has 1 fully saturated rings. The van der Waals surface area contributed by atoms with Crippen LogP contribution in [0, 0.1) is 0 Å². The minimum absolute atomic E-state index is 0.209. The van der Waals surface area contributed by atoms with E-state index >= 15 is 0 Å². The Kier molecular flexibility index (Phi) is 7.73. The van der Waals surface area contributed by atoms with Crippen molar-refractivity contribution < 1.29 is 24.5 Å². The van der Waals surface area contributed by atoms with E-state index in [1.165, 1.54) is 5.39 Å². The number of nitrogens with one attached hydrogen (secondary N) is 1. The van der Waals surface area contributed by atoms with Crippen molar-refractivity contribution in [2.45, 2.75) is 18.9 Å². The van der Waals surface area contributed by atoms with Gasteiger partial charge in [-0.3, -0.25) is 0 Å². The zero-order valence-electron chi connectivity index (χ0n) is 16.9. The van der Waals surface area contributed by atoms with Crippen molar-refractivity contribution >= 4 is 22.7 Å². The Labute approximate surface area is 180 Å². The van der Waals surface area contributed by atoms with Crippen molar-refractivity contribution in [3.8, 4) is 17.1 Å². The lowest BCUT2D eigenvalue weighted by Gasteiger charge is -2.23. The van der Waals surface area contributed by atoms with Gasteiger partial charge in [0.15, 0.2) is 0 Å². The zero-order valence-corrected chi connectivity index (χ0v) is 16.9. The van der Waals surface area contributed by atoms with Crippen LogP contribution in [0.5, 0.6) is 5.88 Å². The maximum absolute atomic E-state index is 9.55. The summed E-state index contributed by atoms with van der Waals surface area (Å²) < 4.78 is 6.15. The van der Waals surface area contributed by atoms with Crippen LogP contribution in [0.3, 0.4) is 0 Å². The van der Waals surface area contributed by atoms with E-state index in [0.717, 1.165) is 48.5 Å². The number of ether oxygens (including phenoxy) is 1. The second-order valence-electron chi connectivity index (χ2n) is 6.99. The highest BCUT2D eigenvalue weighted by molar-refractivity contribution is 5.95. The van der Waals surface area contributed by atoms with E-state index in [0.29, 0.717) is 12.2 Å². The van der Waals surface area contributed by atoms with Crippen molar-refractivity contribution in [3.63, 3.8) is 0 Å². The molecule has 0 spiro atoms. The van der Waals surface area contributed by atoms with Gasteiger partial charge in [0, 0.05) is 35.7 Å². The zero-order chi connectivity index (χ0) is 22.1. The molecule has 2 aromatic carbocycles. The van der Waals surface area contributed by atoms with Gasteiger partial charge in [0.1, 0.15) is 6.10 Å². The van der Waals surface area contributed by atoms with Gasteiger partial charge in [-0.2, -0.15) is 0 Å². The van der Waals surface area contributed by atoms with E-state index in [2.05, 4.69) is 47.8 Å². The first-order chi connectivity index (χ1) is 15.0. The van der Waals surface area contributed by atoms with E-state index in [-0.39, 0.29) is 6.10 Å². The van der Waals surface area contributed by atoms with Crippen LogP contribution in [0.1, 0.15) is 12.8 Å². The minimum Gasteiger partial charge on any atom is -0.478 e. The Morgan fingerprint density at radius 1 is 1.00 bits per heavy atom. The fourth-order valence-electron chi connectivity index (χ4n) is 3.28. The van der Waals surface area contributed by atoms with Crippen LogP contribution < -0.4 is 10.1 Å². The molecule has 0 amide bonds. The highest BCUT2D eigenvalue weighted by atomic mass is 16.5. The topological polar surface area (TPSA) is 109 Å². The average molecular weight is 420 g/mol. The molecule has 0 bridgehead atoms. The third-order valence-corrected chi connectivity index (χ3v) is 4.67. The summed E-state index contributed by atoms with van der Waals surface area (Å²) in [7, 11) is 0. The Bertz CT molecular complexity index is 1040. The number of nitrogens with zero attached hydrogens (tertiary/aromatic N) is 1. The fourth-order valence-corrected chi connectivity index (χ4v) is 3.28. The molecule has 1 atom stereocenters. The summed E-state index contributed by atoms with van der Waals surface area (Å²) >= 11 is 0. The Balaban J connectivity index is 0.000000293. The van der Waals surface area contributed by atoms with E-state index < -0.39 is 11.9 Å². The molecule has 1 aromatic heterocycles. The molecule has 7 nitrogen and oxygen atoms in total. The maximum Gasteiger partial charge on any atom is 0.328 e. The molecule has 4 rings (SSSR count). The number of pyridine rings is 1. The predicted molar refractivity (Wildman–Crippen MR) is 118 cm³/mol. The van der Waals surface area contributed by atoms with Crippen LogP contribution >= 0.6 is 0 Å². The summed E-state index contributed by atoms with van der Waals surface area (Å²) in [5, 5.41) is 21.3. The standard InChI is InChI=1S/C20H20N2O.C4H4O4/c1-2-7-15(8-3-1)20-18-11-5-4-9-16(18)13-19(22-20)23-17-10-6-12-21-14-17;5-3(6)1-2-4(7)8/h1-5,7-9,11,13,17,21H,6,10,12,14H2;1-2H,(H,5,6)(H,7,8). The summed E-state index contributed by atoms with van der Waals surface area (Å²) in [5.41, 5.74) is 2.11. The number of hydrogen-bond acceptors (Lipinski definition) is 5. The monoisotopic (exact) mass is 420 g/mol.